The first-order valence-electron chi connectivity index (χ1n) is 10.5. The van der Waals surface area contributed by atoms with Crippen molar-refractivity contribution in [3.63, 3.8) is 0 Å². The number of hydrogen-bond acceptors (Lipinski definition) is 7. The molecule has 0 heterocycles. The molecule has 7 heteroatoms. The molecule has 1 aliphatic rings. The summed E-state index contributed by atoms with van der Waals surface area (Å²) in [5.74, 6) is -1.19. The lowest BCUT2D eigenvalue weighted by Crippen LogP contribution is -2.23. The van der Waals surface area contributed by atoms with Crippen LogP contribution >= 0.6 is 0 Å². The highest BCUT2D eigenvalue weighted by atomic mass is 16.6. The summed E-state index contributed by atoms with van der Waals surface area (Å²) >= 11 is 0. The predicted octanol–water partition coefficient (Wildman–Crippen LogP) is 3.33. The molecule has 31 heavy (non-hydrogen) atoms. The van der Waals surface area contributed by atoms with Crippen LogP contribution in [0.1, 0.15) is 48.8 Å². The van der Waals surface area contributed by atoms with Gasteiger partial charge in [-0.05, 0) is 67.5 Å². The summed E-state index contributed by atoms with van der Waals surface area (Å²) < 4.78 is 15.2. The van der Waals surface area contributed by atoms with Crippen molar-refractivity contribution in [1.29, 1.82) is 0 Å². The number of ether oxygens (including phenoxy) is 3. The van der Waals surface area contributed by atoms with Gasteiger partial charge in [0.25, 0.3) is 0 Å². The number of nitrogen functional groups attached to an aromatic ring is 1. The van der Waals surface area contributed by atoms with E-state index in [2.05, 4.69) is 0 Å². The van der Waals surface area contributed by atoms with Crippen LogP contribution in [-0.2, 0) is 36.7 Å². The number of hydrogen-bond donors (Lipinski definition) is 1. The maximum absolute atomic E-state index is 12.8. The van der Waals surface area contributed by atoms with Gasteiger partial charge in [0, 0.05) is 12.1 Å². The van der Waals surface area contributed by atoms with E-state index in [4.69, 9.17) is 19.9 Å². The maximum atomic E-state index is 12.8. The van der Waals surface area contributed by atoms with E-state index < -0.39 is 11.9 Å². The molecule has 1 unspecified atom stereocenters. The van der Waals surface area contributed by atoms with Crippen molar-refractivity contribution in [3.05, 3.63) is 59.2 Å². The minimum atomic E-state index is -0.565. The number of anilines is 1. The van der Waals surface area contributed by atoms with E-state index in [-0.39, 0.29) is 31.5 Å². The van der Waals surface area contributed by atoms with Crippen LogP contribution in [-0.4, -0.2) is 31.1 Å². The molecule has 1 aliphatic carbocycles. The lowest BCUT2D eigenvalue weighted by atomic mass is 9.82. The SMILES string of the molecule is CCOC(=O)COC(=O)CCc1ccc(OC(=O)C2CCCc3c(N)cccc32)cc1. The van der Waals surface area contributed by atoms with Crippen LogP contribution in [0.2, 0.25) is 0 Å². The first-order valence-corrected chi connectivity index (χ1v) is 10.5. The van der Waals surface area contributed by atoms with Crippen molar-refractivity contribution in [2.45, 2.75) is 44.9 Å². The van der Waals surface area contributed by atoms with Crippen molar-refractivity contribution in [2.24, 2.45) is 0 Å². The number of carbonyl (C=O) groups is 3. The van der Waals surface area contributed by atoms with Crippen LogP contribution in [0, 0.1) is 0 Å². The summed E-state index contributed by atoms with van der Waals surface area (Å²) in [5, 5.41) is 0. The quantitative estimate of drug-likeness (QED) is 0.393. The zero-order chi connectivity index (χ0) is 22.2. The van der Waals surface area contributed by atoms with E-state index in [9.17, 15) is 14.4 Å². The fourth-order valence-corrected chi connectivity index (χ4v) is 3.69. The minimum Gasteiger partial charge on any atom is -0.463 e. The van der Waals surface area contributed by atoms with Gasteiger partial charge in [-0.15, -0.1) is 0 Å². The molecule has 7 nitrogen and oxygen atoms in total. The Labute approximate surface area is 181 Å². The second kappa shape index (κ2) is 10.6. The van der Waals surface area contributed by atoms with Gasteiger partial charge in [-0.1, -0.05) is 24.3 Å². The Morgan fingerprint density at radius 3 is 2.55 bits per heavy atom. The fourth-order valence-electron chi connectivity index (χ4n) is 3.69. The summed E-state index contributed by atoms with van der Waals surface area (Å²) in [5.41, 5.74) is 9.67. The monoisotopic (exact) mass is 425 g/mol. The predicted molar refractivity (Wildman–Crippen MR) is 115 cm³/mol. The maximum Gasteiger partial charge on any atom is 0.344 e. The summed E-state index contributed by atoms with van der Waals surface area (Å²) in [6.45, 7) is 1.55. The number of benzene rings is 2. The molecule has 0 saturated carbocycles. The van der Waals surface area contributed by atoms with Gasteiger partial charge in [-0.2, -0.15) is 0 Å². The molecule has 3 rings (SSSR count). The highest BCUT2D eigenvalue weighted by Gasteiger charge is 2.29. The number of fused-ring (bicyclic) bond motifs is 1. The third-order valence-electron chi connectivity index (χ3n) is 5.24. The van der Waals surface area contributed by atoms with Crippen molar-refractivity contribution in [1.82, 2.24) is 0 Å². The second-order valence-electron chi connectivity index (χ2n) is 7.39. The van der Waals surface area contributed by atoms with Crippen molar-refractivity contribution < 1.29 is 28.6 Å². The number of aryl methyl sites for hydroxylation is 1. The number of esters is 3. The Kier molecular flexibility index (Phi) is 7.65. The number of rotatable bonds is 8. The first-order chi connectivity index (χ1) is 15.0. The van der Waals surface area contributed by atoms with Crippen LogP contribution in [0.25, 0.3) is 0 Å². The van der Waals surface area contributed by atoms with Crippen LogP contribution in [0.15, 0.2) is 42.5 Å². The summed E-state index contributed by atoms with van der Waals surface area (Å²) in [6.07, 6.45) is 3.10. The Bertz CT molecular complexity index is 938. The minimum absolute atomic E-state index is 0.138. The van der Waals surface area contributed by atoms with Gasteiger partial charge in [0.15, 0.2) is 6.61 Å². The van der Waals surface area contributed by atoms with Crippen molar-refractivity contribution in [2.75, 3.05) is 18.9 Å². The molecular weight excluding hydrogens is 398 g/mol. The largest absolute Gasteiger partial charge is 0.463 e. The Hall–Kier alpha value is -3.35. The van der Waals surface area contributed by atoms with Crippen LogP contribution in [0.4, 0.5) is 5.69 Å². The smallest absolute Gasteiger partial charge is 0.344 e. The zero-order valence-corrected chi connectivity index (χ0v) is 17.6. The van der Waals surface area contributed by atoms with Gasteiger partial charge in [0.1, 0.15) is 5.75 Å². The van der Waals surface area contributed by atoms with Crippen molar-refractivity contribution in [3.8, 4) is 5.75 Å². The Morgan fingerprint density at radius 2 is 1.81 bits per heavy atom. The summed E-state index contributed by atoms with van der Waals surface area (Å²) in [6, 6.07) is 12.7. The summed E-state index contributed by atoms with van der Waals surface area (Å²) in [4.78, 5) is 35.7. The molecular formula is C24H27NO6. The van der Waals surface area contributed by atoms with Crippen molar-refractivity contribution >= 4 is 23.6 Å². The Morgan fingerprint density at radius 1 is 1.03 bits per heavy atom. The molecule has 0 aliphatic heterocycles. The lowest BCUT2D eigenvalue weighted by molar-refractivity contribution is -0.158. The molecule has 2 N–H and O–H groups in total. The first kappa shape index (κ1) is 22.3. The van der Waals surface area contributed by atoms with Gasteiger partial charge < -0.3 is 19.9 Å². The van der Waals surface area contributed by atoms with E-state index in [0.29, 0.717) is 12.2 Å². The number of nitrogens with two attached hydrogens (primary N) is 1. The van der Waals surface area contributed by atoms with Crippen LogP contribution < -0.4 is 10.5 Å². The third kappa shape index (κ3) is 6.07. The molecule has 0 spiro atoms. The average molecular weight is 425 g/mol. The highest BCUT2D eigenvalue weighted by molar-refractivity contribution is 5.82. The lowest BCUT2D eigenvalue weighted by Gasteiger charge is -2.25. The van der Waals surface area contributed by atoms with Crippen LogP contribution in [0.3, 0.4) is 0 Å². The van der Waals surface area contributed by atoms with Gasteiger partial charge in [0.2, 0.25) is 0 Å². The van der Waals surface area contributed by atoms with Crippen LogP contribution in [0.5, 0.6) is 5.75 Å². The molecule has 0 amide bonds. The van der Waals surface area contributed by atoms with E-state index in [0.717, 1.165) is 41.6 Å². The van der Waals surface area contributed by atoms with Gasteiger partial charge in [-0.3, -0.25) is 9.59 Å². The second-order valence-corrected chi connectivity index (χ2v) is 7.39. The molecule has 164 valence electrons. The van der Waals surface area contributed by atoms with Gasteiger partial charge in [0.05, 0.1) is 12.5 Å². The van der Waals surface area contributed by atoms with E-state index in [1.807, 2.05) is 18.2 Å². The molecule has 2 aromatic carbocycles. The molecule has 1 atom stereocenters. The number of carbonyl (C=O) groups excluding carboxylic acids is 3. The van der Waals surface area contributed by atoms with Gasteiger partial charge in [-0.25, -0.2) is 4.79 Å². The molecule has 0 fully saturated rings. The molecule has 2 aromatic rings. The molecule has 0 radical (unpaired) electrons. The molecule has 0 bridgehead atoms. The van der Waals surface area contributed by atoms with E-state index in [1.165, 1.54) is 0 Å². The summed E-state index contributed by atoms with van der Waals surface area (Å²) in [7, 11) is 0. The van der Waals surface area contributed by atoms with E-state index in [1.54, 1.807) is 31.2 Å². The third-order valence-corrected chi connectivity index (χ3v) is 5.24. The highest BCUT2D eigenvalue weighted by Crippen LogP contribution is 2.35. The van der Waals surface area contributed by atoms with E-state index >= 15 is 0 Å². The topological polar surface area (TPSA) is 105 Å². The van der Waals surface area contributed by atoms with Gasteiger partial charge >= 0.3 is 17.9 Å². The average Bonchev–Trinajstić information content (AvgIpc) is 2.77. The normalized spacial score (nSPS) is 14.9. The molecule has 0 aromatic heterocycles. The standard InChI is InChI=1S/C24H27NO6/c1-2-29-23(27)15-30-22(26)14-11-16-9-12-17(13-10-16)31-24(28)20-7-3-6-19-18(20)5-4-8-21(19)25/h4-5,8-10,12-13,20H,2-3,6-7,11,14-15,25H2,1H3. The zero-order valence-electron chi connectivity index (χ0n) is 17.6. The molecule has 0 saturated heterocycles. The fraction of sp³-hybridized carbons (Fsp3) is 0.375. The Balaban J connectivity index is 1.51.